The summed E-state index contributed by atoms with van der Waals surface area (Å²) in [5.74, 6) is 0. The van der Waals surface area contributed by atoms with E-state index in [1.54, 1.807) is 0 Å². The molecular weight excluding hydrogens is 242 g/mol. The molecule has 1 aromatic carbocycles. The molecule has 112 valence electrons. The van der Waals surface area contributed by atoms with Crippen molar-refractivity contribution in [2.45, 2.75) is 41.0 Å². The normalized spacial score (nSPS) is 8.25. The minimum atomic E-state index is 0.783. The van der Waals surface area contributed by atoms with Crippen LogP contribution in [0.3, 0.4) is 0 Å². The molecule has 0 radical (unpaired) electrons. The Morgan fingerprint density at radius 1 is 1.00 bits per heavy atom. The van der Waals surface area contributed by atoms with Crippen molar-refractivity contribution < 1.29 is 0 Å². The summed E-state index contributed by atoms with van der Waals surface area (Å²) in [7, 11) is 0. The van der Waals surface area contributed by atoms with E-state index in [0.717, 1.165) is 29.8 Å². The van der Waals surface area contributed by atoms with Crippen LogP contribution in [0.25, 0.3) is 0 Å². The van der Waals surface area contributed by atoms with E-state index in [-0.39, 0.29) is 0 Å². The van der Waals surface area contributed by atoms with Crippen LogP contribution in [0.5, 0.6) is 0 Å². The minimum absolute atomic E-state index is 0.783. The Balaban J connectivity index is 0. The first kappa shape index (κ1) is 20.6. The third kappa shape index (κ3) is 12.7. The van der Waals surface area contributed by atoms with Crippen LogP contribution in [0.4, 0.5) is 0 Å². The lowest BCUT2D eigenvalue weighted by Crippen LogP contribution is -2.14. The number of aryl methyl sites for hydroxylation is 1. The standard InChI is InChI=1S/C9H15N.C8H10.C2H6/c1-7(2)6-10-9(5)8(3)4;1-2-8-6-4-3-5-7-8;1-2/h10H,1,3,5-6H2,2,4H3;3-7H,2H2,1H3;1-2H3. The number of rotatable bonds is 5. The van der Waals surface area contributed by atoms with Crippen molar-refractivity contribution in [1.82, 2.24) is 5.32 Å². The molecule has 0 aliphatic rings. The highest BCUT2D eigenvalue weighted by Gasteiger charge is 1.91. The molecule has 1 aromatic rings. The van der Waals surface area contributed by atoms with Crippen LogP contribution in [0, 0.1) is 0 Å². The highest BCUT2D eigenvalue weighted by atomic mass is 14.9. The minimum Gasteiger partial charge on any atom is -0.382 e. The highest BCUT2D eigenvalue weighted by Crippen LogP contribution is 1.98. The summed E-state index contributed by atoms with van der Waals surface area (Å²) in [4.78, 5) is 0. The van der Waals surface area contributed by atoms with Gasteiger partial charge in [-0.25, -0.2) is 0 Å². The molecule has 1 rings (SSSR count). The van der Waals surface area contributed by atoms with Gasteiger partial charge in [-0.2, -0.15) is 0 Å². The maximum atomic E-state index is 3.77. The van der Waals surface area contributed by atoms with Crippen molar-refractivity contribution in [2.75, 3.05) is 6.54 Å². The van der Waals surface area contributed by atoms with Crippen molar-refractivity contribution in [3.05, 3.63) is 72.5 Å². The van der Waals surface area contributed by atoms with Gasteiger partial charge in [-0.3, -0.25) is 0 Å². The van der Waals surface area contributed by atoms with Gasteiger partial charge in [0.1, 0.15) is 0 Å². The summed E-state index contributed by atoms with van der Waals surface area (Å²) < 4.78 is 0. The summed E-state index contributed by atoms with van der Waals surface area (Å²) >= 11 is 0. The Kier molecular flexibility index (Phi) is 14.0. The summed E-state index contributed by atoms with van der Waals surface area (Å²) in [6, 6.07) is 10.5. The fraction of sp³-hybridized carbons (Fsp3) is 0.368. The van der Waals surface area contributed by atoms with Crippen molar-refractivity contribution in [1.29, 1.82) is 0 Å². The fourth-order valence-corrected chi connectivity index (χ4v) is 1.12. The topological polar surface area (TPSA) is 12.0 Å². The van der Waals surface area contributed by atoms with Crippen molar-refractivity contribution in [3.8, 4) is 0 Å². The third-order valence-electron chi connectivity index (χ3n) is 2.37. The average molecular weight is 273 g/mol. The molecule has 0 bridgehead atoms. The zero-order valence-corrected chi connectivity index (χ0v) is 13.9. The van der Waals surface area contributed by atoms with E-state index in [0.29, 0.717) is 0 Å². The first-order valence-electron chi connectivity index (χ1n) is 7.24. The Morgan fingerprint density at radius 3 is 1.80 bits per heavy atom. The highest BCUT2D eigenvalue weighted by molar-refractivity contribution is 5.21. The van der Waals surface area contributed by atoms with Crippen LogP contribution in [0.15, 0.2) is 66.9 Å². The van der Waals surface area contributed by atoms with Crippen LogP contribution in [-0.2, 0) is 6.42 Å². The molecule has 20 heavy (non-hydrogen) atoms. The molecule has 0 aliphatic heterocycles. The van der Waals surface area contributed by atoms with Gasteiger partial charge in [0, 0.05) is 12.2 Å². The molecule has 0 amide bonds. The van der Waals surface area contributed by atoms with E-state index in [1.807, 2.05) is 33.8 Å². The monoisotopic (exact) mass is 273 g/mol. The van der Waals surface area contributed by atoms with E-state index in [1.165, 1.54) is 5.56 Å². The van der Waals surface area contributed by atoms with Crippen LogP contribution < -0.4 is 5.32 Å². The lowest BCUT2D eigenvalue weighted by Gasteiger charge is -2.07. The Bertz CT molecular complexity index is 387. The quantitative estimate of drug-likeness (QED) is 0.550. The van der Waals surface area contributed by atoms with Crippen molar-refractivity contribution in [2.24, 2.45) is 0 Å². The van der Waals surface area contributed by atoms with Gasteiger partial charge in [-0.15, -0.1) is 0 Å². The summed E-state index contributed by atoms with van der Waals surface area (Å²) in [6.07, 6.45) is 1.14. The lowest BCUT2D eigenvalue weighted by atomic mass is 10.2. The maximum Gasteiger partial charge on any atom is 0.0354 e. The van der Waals surface area contributed by atoms with E-state index in [9.17, 15) is 0 Å². The molecule has 1 nitrogen and oxygen atoms in total. The molecule has 0 saturated carbocycles. The van der Waals surface area contributed by atoms with Gasteiger partial charge in [-0.05, 0) is 31.4 Å². The second kappa shape index (κ2) is 13.7. The first-order chi connectivity index (χ1) is 9.47. The molecule has 1 heteroatoms. The van der Waals surface area contributed by atoms with Crippen LogP contribution in [0.1, 0.15) is 40.2 Å². The molecular formula is C19H31N. The number of nitrogens with one attached hydrogen (secondary N) is 1. The molecule has 0 saturated heterocycles. The molecule has 0 atom stereocenters. The SMILES string of the molecule is C=C(C)CNC(=C)C(=C)C.CC.CCc1ccccc1. The van der Waals surface area contributed by atoms with Gasteiger partial charge in [0.2, 0.25) is 0 Å². The van der Waals surface area contributed by atoms with Crippen LogP contribution >= 0.6 is 0 Å². The predicted molar refractivity (Wildman–Crippen MR) is 93.9 cm³/mol. The molecule has 0 heterocycles. The lowest BCUT2D eigenvalue weighted by molar-refractivity contribution is 0.886. The van der Waals surface area contributed by atoms with E-state index >= 15 is 0 Å². The van der Waals surface area contributed by atoms with Crippen LogP contribution in [-0.4, -0.2) is 6.54 Å². The van der Waals surface area contributed by atoms with Gasteiger partial charge >= 0.3 is 0 Å². The molecule has 0 unspecified atom stereocenters. The molecule has 0 aromatic heterocycles. The largest absolute Gasteiger partial charge is 0.382 e. The third-order valence-corrected chi connectivity index (χ3v) is 2.37. The zero-order chi connectivity index (χ0) is 16.0. The number of hydrogen-bond donors (Lipinski definition) is 1. The van der Waals surface area contributed by atoms with Gasteiger partial charge in [0.05, 0.1) is 0 Å². The second-order valence-corrected chi connectivity index (χ2v) is 4.41. The van der Waals surface area contributed by atoms with Gasteiger partial charge in [-0.1, -0.05) is 76.4 Å². The van der Waals surface area contributed by atoms with E-state index in [4.69, 9.17) is 0 Å². The molecule has 0 spiro atoms. The molecule has 0 aliphatic carbocycles. The number of allylic oxidation sites excluding steroid dienone is 1. The van der Waals surface area contributed by atoms with E-state index in [2.05, 4.69) is 56.2 Å². The Morgan fingerprint density at radius 2 is 1.50 bits per heavy atom. The predicted octanol–water partition coefficient (Wildman–Crippen LogP) is 5.52. The molecule has 0 fully saturated rings. The average Bonchev–Trinajstić information content (AvgIpc) is 2.48. The fourth-order valence-electron chi connectivity index (χ4n) is 1.12. The van der Waals surface area contributed by atoms with Crippen LogP contribution in [0.2, 0.25) is 0 Å². The number of benzene rings is 1. The summed E-state index contributed by atoms with van der Waals surface area (Å²) in [5, 5.41) is 3.09. The van der Waals surface area contributed by atoms with Gasteiger partial charge < -0.3 is 5.32 Å². The second-order valence-electron chi connectivity index (χ2n) is 4.41. The summed E-state index contributed by atoms with van der Waals surface area (Å²) in [6.45, 7) is 22.1. The van der Waals surface area contributed by atoms with Crippen molar-refractivity contribution in [3.63, 3.8) is 0 Å². The summed E-state index contributed by atoms with van der Waals surface area (Å²) in [5.41, 5.74) is 4.37. The Labute approximate surface area is 126 Å². The van der Waals surface area contributed by atoms with Gasteiger partial charge in [0.15, 0.2) is 0 Å². The smallest absolute Gasteiger partial charge is 0.0354 e. The zero-order valence-electron chi connectivity index (χ0n) is 13.9. The number of hydrogen-bond acceptors (Lipinski definition) is 1. The molecule has 1 N–H and O–H groups in total. The van der Waals surface area contributed by atoms with Gasteiger partial charge in [0.25, 0.3) is 0 Å². The van der Waals surface area contributed by atoms with E-state index < -0.39 is 0 Å². The Hall–Kier alpha value is -1.76. The maximum absolute atomic E-state index is 3.77. The van der Waals surface area contributed by atoms with Crippen molar-refractivity contribution >= 4 is 0 Å². The first-order valence-corrected chi connectivity index (χ1v) is 7.24.